The second-order valence-corrected chi connectivity index (χ2v) is 7.70. The number of hydrogen-bond acceptors (Lipinski definition) is 3. The van der Waals surface area contributed by atoms with Gasteiger partial charge in [0.25, 0.3) is 5.91 Å². The topological polar surface area (TPSA) is 64.7 Å². The van der Waals surface area contributed by atoms with E-state index in [0.717, 1.165) is 48.0 Å². The summed E-state index contributed by atoms with van der Waals surface area (Å²) < 4.78 is 4.39. The number of amides is 1. The highest BCUT2D eigenvalue weighted by atomic mass is 16.1. The van der Waals surface area contributed by atoms with Gasteiger partial charge in [0, 0.05) is 42.4 Å². The fourth-order valence-corrected chi connectivity index (χ4v) is 3.96. The molecule has 0 spiro atoms. The van der Waals surface area contributed by atoms with Crippen LogP contribution >= 0.6 is 0 Å². The summed E-state index contributed by atoms with van der Waals surface area (Å²) >= 11 is 0. The lowest BCUT2D eigenvalue weighted by Crippen LogP contribution is -2.41. The molecule has 0 fully saturated rings. The maximum Gasteiger partial charge on any atom is 0.253 e. The van der Waals surface area contributed by atoms with E-state index in [0.29, 0.717) is 12.0 Å². The second-order valence-electron chi connectivity index (χ2n) is 7.70. The third-order valence-corrected chi connectivity index (χ3v) is 5.07. The van der Waals surface area contributed by atoms with Crippen molar-refractivity contribution in [2.45, 2.75) is 78.9 Å². The fraction of sp³-hybridized carbons (Fsp3) is 0.632. The third kappa shape index (κ3) is 3.22. The molecule has 0 aliphatic carbocycles. The van der Waals surface area contributed by atoms with Gasteiger partial charge in [-0.1, -0.05) is 13.8 Å². The molecule has 1 amide bonds. The van der Waals surface area contributed by atoms with Crippen molar-refractivity contribution in [2.75, 3.05) is 0 Å². The molecule has 0 aromatic carbocycles. The van der Waals surface area contributed by atoms with Crippen LogP contribution in [-0.2, 0) is 13.0 Å². The molecule has 0 saturated heterocycles. The first kappa shape index (κ1) is 17.7. The average Bonchev–Trinajstić information content (AvgIpc) is 3.07. The zero-order valence-electron chi connectivity index (χ0n) is 16.1. The average molecular weight is 343 g/mol. The number of nitrogens with zero attached hydrogens (tertiary/aromatic N) is 4. The van der Waals surface area contributed by atoms with Gasteiger partial charge >= 0.3 is 0 Å². The predicted octanol–water partition coefficient (Wildman–Crippen LogP) is 3.15. The SMILES string of the molecule is Cc1cc(C(=O)N[C@@H]2CCc3nnc(C(C)C)n3C2)c(C)n1C(C)C. The van der Waals surface area contributed by atoms with Crippen LogP contribution in [0.2, 0.25) is 0 Å². The first-order valence-electron chi connectivity index (χ1n) is 9.20. The van der Waals surface area contributed by atoms with E-state index in [1.807, 2.05) is 13.0 Å². The van der Waals surface area contributed by atoms with E-state index in [4.69, 9.17) is 0 Å². The number of rotatable bonds is 4. The Labute approximate surface area is 149 Å². The third-order valence-electron chi connectivity index (χ3n) is 5.07. The van der Waals surface area contributed by atoms with Crippen molar-refractivity contribution in [1.29, 1.82) is 0 Å². The maximum absolute atomic E-state index is 12.8. The van der Waals surface area contributed by atoms with E-state index in [1.54, 1.807) is 0 Å². The minimum absolute atomic E-state index is 0.0209. The number of nitrogens with one attached hydrogen (secondary N) is 1. The van der Waals surface area contributed by atoms with Gasteiger partial charge in [-0.25, -0.2) is 0 Å². The minimum atomic E-state index is 0.0209. The summed E-state index contributed by atoms with van der Waals surface area (Å²) in [6.07, 6.45) is 1.76. The fourth-order valence-electron chi connectivity index (χ4n) is 3.96. The van der Waals surface area contributed by atoms with Crippen molar-refractivity contribution in [1.82, 2.24) is 24.6 Å². The van der Waals surface area contributed by atoms with Gasteiger partial charge in [0.15, 0.2) is 0 Å². The van der Waals surface area contributed by atoms with Gasteiger partial charge < -0.3 is 14.5 Å². The van der Waals surface area contributed by atoms with Crippen LogP contribution < -0.4 is 5.32 Å². The van der Waals surface area contributed by atoms with E-state index < -0.39 is 0 Å². The standard InChI is InChI=1S/C19H29N5O/c1-11(2)18-22-21-17-8-7-15(10-23(17)18)20-19(25)16-9-13(5)24(12(3)4)14(16)6/h9,11-12,15H,7-8,10H2,1-6H3,(H,20,25)/t15-/m1/s1. The van der Waals surface area contributed by atoms with Crippen LogP contribution in [0.1, 0.15) is 79.5 Å². The van der Waals surface area contributed by atoms with Crippen molar-refractivity contribution < 1.29 is 4.79 Å². The molecule has 0 bridgehead atoms. The van der Waals surface area contributed by atoms with Gasteiger partial charge in [0.05, 0.1) is 5.56 Å². The van der Waals surface area contributed by atoms with Crippen molar-refractivity contribution in [3.05, 3.63) is 34.7 Å². The van der Waals surface area contributed by atoms with Crippen LogP contribution in [0, 0.1) is 13.8 Å². The quantitative estimate of drug-likeness (QED) is 0.927. The second kappa shape index (κ2) is 6.65. The van der Waals surface area contributed by atoms with E-state index in [-0.39, 0.29) is 11.9 Å². The number of hydrogen-bond donors (Lipinski definition) is 1. The van der Waals surface area contributed by atoms with Crippen molar-refractivity contribution >= 4 is 5.91 Å². The molecule has 25 heavy (non-hydrogen) atoms. The summed E-state index contributed by atoms with van der Waals surface area (Å²) in [7, 11) is 0. The van der Waals surface area contributed by atoms with Crippen LogP contribution in [0.3, 0.4) is 0 Å². The largest absolute Gasteiger partial charge is 0.347 e. The summed E-state index contributed by atoms with van der Waals surface area (Å²) in [5, 5.41) is 11.8. The number of carbonyl (C=O) groups excluding carboxylic acids is 1. The highest BCUT2D eigenvalue weighted by molar-refractivity contribution is 5.95. The van der Waals surface area contributed by atoms with Gasteiger partial charge in [-0.3, -0.25) is 4.79 Å². The Hall–Kier alpha value is -2.11. The molecule has 0 saturated carbocycles. The lowest BCUT2D eigenvalue weighted by Gasteiger charge is -2.26. The van der Waals surface area contributed by atoms with E-state index >= 15 is 0 Å². The Morgan fingerprint density at radius 1 is 1.24 bits per heavy atom. The molecule has 1 atom stereocenters. The Balaban J connectivity index is 1.76. The molecule has 3 rings (SSSR count). The summed E-state index contributed by atoms with van der Waals surface area (Å²) in [6.45, 7) is 13.4. The van der Waals surface area contributed by atoms with Crippen molar-refractivity contribution in [3.63, 3.8) is 0 Å². The number of aryl methyl sites for hydroxylation is 2. The van der Waals surface area contributed by atoms with E-state index in [9.17, 15) is 4.79 Å². The lowest BCUT2D eigenvalue weighted by molar-refractivity contribution is 0.0926. The van der Waals surface area contributed by atoms with Crippen LogP contribution in [0.15, 0.2) is 6.07 Å². The summed E-state index contributed by atoms with van der Waals surface area (Å²) in [4.78, 5) is 12.8. The van der Waals surface area contributed by atoms with Gasteiger partial charge in [-0.15, -0.1) is 10.2 Å². The summed E-state index contributed by atoms with van der Waals surface area (Å²) in [5.41, 5.74) is 2.95. The van der Waals surface area contributed by atoms with Crippen LogP contribution in [-0.4, -0.2) is 31.3 Å². The van der Waals surface area contributed by atoms with Crippen LogP contribution in [0.5, 0.6) is 0 Å². The molecule has 1 N–H and O–H groups in total. The molecular formula is C19H29N5O. The normalized spacial score (nSPS) is 17.2. The predicted molar refractivity (Wildman–Crippen MR) is 98.0 cm³/mol. The van der Waals surface area contributed by atoms with Gasteiger partial charge in [-0.2, -0.15) is 0 Å². The zero-order chi connectivity index (χ0) is 18.3. The monoisotopic (exact) mass is 343 g/mol. The highest BCUT2D eigenvalue weighted by Gasteiger charge is 2.26. The Morgan fingerprint density at radius 3 is 2.56 bits per heavy atom. The molecule has 6 heteroatoms. The molecule has 2 aromatic rings. The zero-order valence-corrected chi connectivity index (χ0v) is 16.1. The molecule has 0 unspecified atom stereocenters. The Bertz CT molecular complexity index is 784. The molecule has 3 heterocycles. The maximum atomic E-state index is 12.8. The number of fused-ring (bicyclic) bond motifs is 1. The van der Waals surface area contributed by atoms with Crippen molar-refractivity contribution in [3.8, 4) is 0 Å². The van der Waals surface area contributed by atoms with Crippen LogP contribution in [0.4, 0.5) is 0 Å². The van der Waals surface area contributed by atoms with E-state index in [1.165, 1.54) is 0 Å². The molecule has 2 aromatic heterocycles. The lowest BCUT2D eigenvalue weighted by atomic mass is 10.1. The smallest absolute Gasteiger partial charge is 0.253 e. The number of carbonyl (C=O) groups is 1. The Morgan fingerprint density at radius 2 is 1.96 bits per heavy atom. The van der Waals surface area contributed by atoms with Gasteiger partial charge in [0.2, 0.25) is 0 Å². The van der Waals surface area contributed by atoms with Crippen molar-refractivity contribution in [2.24, 2.45) is 0 Å². The molecule has 6 nitrogen and oxygen atoms in total. The molecule has 0 radical (unpaired) electrons. The summed E-state index contributed by atoms with van der Waals surface area (Å²) in [5.74, 6) is 2.40. The first-order valence-corrected chi connectivity index (χ1v) is 9.20. The molecule has 136 valence electrons. The Kier molecular flexibility index (Phi) is 4.71. The molecule has 1 aliphatic rings. The minimum Gasteiger partial charge on any atom is -0.347 e. The van der Waals surface area contributed by atoms with Crippen LogP contribution in [0.25, 0.3) is 0 Å². The van der Waals surface area contributed by atoms with Gasteiger partial charge in [-0.05, 0) is 40.2 Å². The van der Waals surface area contributed by atoms with Gasteiger partial charge in [0.1, 0.15) is 11.6 Å². The molecular weight excluding hydrogens is 314 g/mol. The highest BCUT2D eigenvalue weighted by Crippen LogP contribution is 2.22. The molecule has 1 aliphatic heterocycles. The summed E-state index contributed by atoms with van der Waals surface area (Å²) in [6, 6.07) is 2.47. The first-order chi connectivity index (χ1) is 11.8. The number of aromatic nitrogens is 4. The van der Waals surface area contributed by atoms with E-state index in [2.05, 4.69) is 59.3 Å².